The normalized spacial score (nSPS) is 9.14. The molecule has 0 aliphatic rings. The van der Waals surface area contributed by atoms with Gasteiger partial charge in [0.1, 0.15) is 5.21 Å². The topological polar surface area (TPSA) is 73.7 Å². The van der Waals surface area contributed by atoms with E-state index in [-0.39, 0.29) is 0 Å². The molecule has 0 aliphatic heterocycles. The molecule has 0 fully saturated rings. The minimum atomic E-state index is 1.12. The van der Waals surface area contributed by atoms with Crippen molar-refractivity contribution in [3.8, 4) is 0 Å². The molecule has 1 aromatic rings. The summed E-state index contributed by atoms with van der Waals surface area (Å²) in [5, 5.41) is 3.50. The molecule has 0 aliphatic carbocycles. The fourth-order valence-corrected chi connectivity index (χ4v) is 0.315. The summed E-state index contributed by atoms with van der Waals surface area (Å²) in [5.74, 6) is 10.2. The van der Waals surface area contributed by atoms with Crippen molar-refractivity contribution in [3.05, 3.63) is 12.4 Å². The summed E-state index contributed by atoms with van der Waals surface area (Å²) in [5.41, 5.74) is 0. The second-order valence-electron chi connectivity index (χ2n) is 1.15. The zero-order valence-electron chi connectivity index (χ0n) is 3.65. The molecule has 0 radical (unpaired) electrons. The van der Waals surface area contributed by atoms with Crippen molar-refractivity contribution in [1.82, 2.24) is 10.0 Å². The monoisotopic (exact) mass is 100 g/mol. The van der Waals surface area contributed by atoms with Crippen LogP contribution in [0.3, 0.4) is 0 Å². The van der Waals surface area contributed by atoms with E-state index in [4.69, 9.17) is 11.7 Å². The van der Waals surface area contributed by atoms with Crippen molar-refractivity contribution in [2.24, 2.45) is 0 Å². The SMILES string of the molecule is Nn1cc[n+](N)n1. The van der Waals surface area contributed by atoms with Gasteiger partial charge in [-0.25, -0.2) is 11.7 Å². The highest BCUT2D eigenvalue weighted by atomic mass is 15.7. The summed E-state index contributed by atoms with van der Waals surface area (Å²) >= 11 is 0. The number of aromatic nitrogens is 3. The highest BCUT2D eigenvalue weighted by Gasteiger charge is 1.92. The Kier molecular flexibility index (Phi) is 0.619. The van der Waals surface area contributed by atoms with Crippen LogP contribution in [-0.4, -0.2) is 10.0 Å². The zero-order valence-corrected chi connectivity index (χ0v) is 3.65. The first-order valence-corrected chi connectivity index (χ1v) is 1.77. The Morgan fingerprint density at radius 1 is 1.71 bits per heavy atom. The molecule has 7 heavy (non-hydrogen) atoms. The molecule has 5 nitrogen and oxygen atoms in total. The fraction of sp³-hybridized carbons (Fsp3) is 0. The third-order valence-corrected chi connectivity index (χ3v) is 0.579. The van der Waals surface area contributed by atoms with Gasteiger partial charge < -0.3 is 0 Å². The van der Waals surface area contributed by atoms with Gasteiger partial charge in [-0.15, -0.1) is 0 Å². The molecule has 4 N–H and O–H groups in total. The van der Waals surface area contributed by atoms with Crippen LogP contribution >= 0.6 is 0 Å². The minimum Gasteiger partial charge on any atom is -0.249 e. The van der Waals surface area contributed by atoms with Crippen LogP contribution in [0.4, 0.5) is 0 Å². The quantitative estimate of drug-likeness (QED) is 0.282. The molecule has 0 unspecified atom stereocenters. The second kappa shape index (κ2) is 1.11. The molecule has 0 saturated carbocycles. The number of nitrogens with zero attached hydrogens (tertiary/aromatic N) is 3. The average Bonchev–Trinajstić information content (AvgIpc) is 1.87. The number of hydrogen-bond donors (Lipinski definition) is 2. The van der Waals surface area contributed by atoms with Crippen LogP contribution in [-0.2, 0) is 0 Å². The third-order valence-electron chi connectivity index (χ3n) is 0.579. The van der Waals surface area contributed by atoms with Gasteiger partial charge in [-0.1, -0.05) is 0 Å². The maximum Gasteiger partial charge on any atom is 0.187 e. The Morgan fingerprint density at radius 3 is 2.57 bits per heavy atom. The number of nitrogens with two attached hydrogens (primary N) is 2. The molecule has 0 spiro atoms. The lowest BCUT2D eigenvalue weighted by Gasteiger charge is -1.70. The van der Waals surface area contributed by atoms with E-state index >= 15 is 0 Å². The van der Waals surface area contributed by atoms with Gasteiger partial charge in [0, 0.05) is 0 Å². The maximum absolute atomic E-state index is 5.08. The predicted molar refractivity (Wildman–Crippen MR) is 22.7 cm³/mol. The third kappa shape index (κ3) is 0.594. The highest BCUT2D eigenvalue weighted by molar-refractivity contribution is 4.54. The van der Waals surface area contributed by atoms with Crippen molar-refractivity contribution in [2.45, 2.75) is 0 Å². The van der Waals surface area contributed by atoms with Crippen molar-refractivity contribution >= 4 is 0 Å². The van der Waals surface area contributed by atoms with E-state index in [2.05, 4.69) is 5.21 Å². The molecular weight excluding hydrogens is 94.1 g/mol. The fourth-order valence-electron chi connectivity index (χ4n) is 0.315. The van der Waals surface area contributed by atoms with Gasteiger partial charge in [-0.3, -0.25) is 0 Å². The largest absolute Gasteiger partial charge is 0.249 e. The van der Waals surface area contributed by atoms with E-state index in [0.717, 1.165) is 9.58 Å². The first kappa shape index (κ1) is 3.91. The van der Waals surface area contributed by atoms with E-state index in [1.807, 2.05) is 0 Å². The van der Waals surface area contributed by atoms with Gasteiger partial charge in [0.05, 0.1) is 0 Å². The lowest BCUT2D eigenvalue weighted by molar-refractivity contribution is -0.701. The number of nitrogen functional groups attached to an aromatic ring is 2. The molecule has 38 valence electrons. The van der Waals surface area contributed by atoms with E-state index in [9.17, 15) is 0 Å². The van der Waals surface area contributed by atoms with Crippen LogP contribution in [0, 0.1) is 0 Å². The first-order valence-electron chi connectivity index (χ1n) is 1.77. The molecule has 1 rings (SSSR count). The van der Waals surface area contributed by atoms with Crippen LogP contribution in [0.2, 0.25) is 0 Å². The van der Waals surface area contributed by atoms with Gasteiger partial charge in [0.15, 0.2) is 12.4 Å². The average molecular weight is 100 g/mol. The molecule has 1 aromatic heterocycles. The first-order chi connectivity index (χ1) is 3.29. The smallest absolute Gasteiger partial charge is 0.187 e. The van der Waals surface area contributed by atoms with Crippen molar-refractivity contribution < 1.29 is 4.79 Å². The summed E-state index contributed by atoms with van der Waals surface area (Å²) in [6, 6.07) is 0. The van der Waals surface area contributed by atoms with Crippen LogP contribution in [0.5, 0.6) is 0 Å². The summed E-state index contributed by atoms with van der Waals surface area (Å²) in [7, 11) is 0. The molecule has 0 atom stereocenters. The summed E-state index contributed by atoms with van der Waals surface area (Å²) in [4.78, 5) is 2.25. The number of rotatable bonds is 0. The van der Waals surface area contributed by atoms with E-state index in [1.54, 1.807) is 12.4 Å². The standard InChI is InChI=1S/C2H6N5/c3-6-1-2-7(4)5-6/h1-2H,(H4,3,4,5)/q+1. The van der Waals surface area contributed by atoms with Gasteiger partial charge in [-0.2, -0.15) is 0 Å². The van der Waals surface area contributed by atoms with Gasteiger partial charge >= 0.3 is 0 Å². The Balaban J connectivity index is 3.04. The van der Waals surface area contributed by atoms with E-state index < -0.39 is 0 Å². The van der Waals surface area contributed by atoms with Gasteiger partial charge in [0.2, 0.25) is 0 Å². The van der Waals surface area contributed by atoms with Crippen molar-refractivity contribution in [2.75, 3.05) is 11.7 Å². The Labute approximate surface area is 40.1 Å². The van der Waals surface area contributed by atoms with Crippen LogP contribution in [0.1, 0.15) is 0 Å². The Hall–Kier alpha value is -1.26. The summed E-state index contributed by atoms with van der Waals surface area (Å²) < 4.78 is 0. The van der Waals surface area contributed by atoms with Crippen LogP contribution in [0.15, 0.2) is 12.4 Å². The molecule has 1 heterocycles. The highest BCUT2D eigenvalue weighted by Crippen LogP contribution is 1.58. The van der Waals surface area contributed by atoms with Crippen molar-refractivity contribution in [1.29, 1.82) is 0 Å². The molecule has 0 amide bonds. The lowest BCUT2D eigenvalue weighted by Crippen LogP contribution is -2.46. The summed E-state index contributed by atoms with van der Waals surface area (Å²) in [6.07, 6.45) is 3.08. The van der Waals surface area contributed by atoms with E-state index in [1.165, 1.54) is 0 Å². The Morgan fingerprint density at radius 2 is 2.43 bits per heavy atom. The van der Waals surface area contributed by atoms with E-state index in [0.29, 0.717) is 0 Å². The molecule has 5 heteroatoms. The maximum atomic E-state index is 5.08. The van der Waals surface area contributed by atoms with Gasteiger partial charge in [0.25, 0.3) is 0 Å². The van der Waals surface area contributed by atoms with Gasteiger partial charge in [-0.05, 0) is 9.58 Å². The lowest BCUT2D eigenvalue weighted by atomic mass is 11.0. The molecule has 0 saturated heterocycles. The van der Waals surface area contributed by atoms with Crippen LogP contribution < -0.4 is 16.5 Å². The second-order valence-corrected chi connectivity index (χ2v) is 1.15. The molecule has 0 aromatic carbocycles. The van der Waals surface area contributed by atoms with Crippen LogP contribution in [0.25, 0.3) is 0 Å². The Bertz CT molecular complexity index is 138. The zero-order chi connectivity index (χ0) is 5.28. The molecule has 0 bridgehead atoms. The van der Waals surface area contributed by atoms with Crippen molar-refractivity contribution in [3.63, 3.8) is 0 Å². The predicted octanol–water partition coefficient (Wildman–Crippen LogP) is -2.40. The minimum absolute atomic E-state index is 1.12. The number of hydrogen-bond acceptors (Lipinski definition) is 3. The summed E-state index contributed by atoms with van der Waals surface area (Å²) in [6.45, 7) is 0. The molecular formula is C2H6N5+.